The van der Waals surface area contributed by atoms with Gasteiger partial charge < -0.3 is 0 Å². The van der Waals surface area contributed by atoms with E-state index < -0.39 is 0 Å². The minimum atomic E-state index is 1.28. The molecule has 0 saturated heterocycles. The van der Waals surface area contributed by atoms with E-state index in [1.807, 2.05) is 17.8 Å². The number of benzene rings is 1. The first-order valence-electron chi connectivity index (χ1n) is 2.85. The first-order valence-corrected chi connectivity index (χ1v) is 3.67. The van der Waals surface area contributed by atoms with E-state index in [0.717, 1.165) is 0 Å². The van der Waals surface area contributed by atoms with Crippen molar-refractivity contribution in [2.24, 2.45) is 0 Å². The van der Waals surface area contributed by atoms with E-state index >= 15 is 0 Å². The van der Waals surface area contributed by atoms with Gasteiger partial charge in [0, 0.05) is 9.79 Å². The third-order valence-corrected chi connectivity index (χ3v) is 2.42. The van der Waals surface area contributed by atoms with E-state index in [-0.39, 0.29) is 0 Å². The molecule has 1 heterocycles. The lowest BCUT2D eigenvalue weighted by Crippen LogP contribution is -1.63. The molecular weight excluding hydrogens is 128 g/mol. The van der Waals surface area contributed by atoms with Crippen LogP contribution in [0.2, 0.25) is 0 Å². The Balaban J connectivity index is 2.62. The predicted molar refractivity (Wildman–Crippen MR) is 40.7 cm³/mol. The molecule has 0 amide bonds. The van der Waals surface area contributed by atoms with Gasteiger partial charge >= 0.3 is 0 Å². The lowest BCUT2D eigenvalue weighted by atomic mass is 10.2. The van der Waals surface area contributed by atoms with Crippen molar-refractivity contribution in [1.82, 2.24) is 0 Å². The van der Waals surface area contributed by atoms with Crippen LogP contribution in [-0.4, -0.2) is 0 Å². The Morgan fingerprint density at radius 1 is 1.44 bits per heavy atom. The normalized spacial score (nSPS) is 12.4. The molecule has 1 aliphatic rings. The highest BCUT2D eigenvalue weighted by molar-refractivity contribution is 8.05. The Morgan fingerprint density at radius 2 is 2.33 bits per heavy atom. The van der Waals surface area contributed by atoms with Gasteiger partial charge in [0.05, 0.1) is 0 Å². The fourth-order valence-corrected chi connectivity index (χ4v) is 1.64. The Bertz CT molecular complexity index is 263. The molecular formula is C8H6S. The van der Waals surface area contributed by atoms with Gasteiger partial charge in [0.2, 0.25) is 0 Å². The number of hydrogen-bond donors (Lipinski definition) is 0. The molecule has 0 nitrogen and oxygen atoms in total. The van der Waals surface area contributed by atoms with Crippen molar-refractivity contribution in [2.75, 3.05) is 0 Å². The molecule has 0 bridgehead atoms. The Labute approximate surface area is 58.6 Å². The van der Waals surface area contributed by atoms with Crippen LogP contribution in [-0.2, 0) is 0 Å². The lowest BCUT2D eigenvalue weighted by molar-refractivity contribution is 1.35. The minimum Gasteiger partial charge on any atom is -0.0984 e. The second kappa shape index (κ2) is 1.64. The van der Waals surface area contributed by atoms with Gasteiger partial charge in [-0.2, -0.15) is 0 Å². The maximum atomic E-state index is 3.71. The molecule has 0 aliphatic carbocycles. The molecule has 0 unspecified atom stereocenters. The molecule has 0 fully saturated rings. The first-order chi connectivity index (χ1) is 4.42. The molecule has 0 atom stereocenters. The standard InChI is InChI=1S/C8H6S/c1-2-6-4-3-5-7-8(6)9-7/h2-5H,1H2. The van der Waals surface area contributed by atoms with Crippen molar-refractivity contribution in [3.8, 4) is 0 Å². The van der Waals surface area contributed by atoms with Gasteiger partial charge in [-0.15, -0.1) is 0 Å². The molecule has 44 valence electrons. The summed E-state index contributed by atoms with van der Waals surface area (Å²) >= 11 is 1.84. The maximum Gasteiger partial charge on any atom is 0.0334 e. The molecule has 1 aromatic carbocycles. The van der Waals surface area contributed by atoms with Gasteiger partial charge in [0.15, 0.2) is 0 Å². The van der Waals surface area contributed by atoms with Gasteiger partial charge in [0.1, 0.15) is 0 Å². The molecule has 0 radical (unpaired) electrons. The Hall–Kier alpha value is -0.690. The summed E-state index contributed by atoms with van der Waals surface area (Å²) < 4.78 is 0. The Morgan fingerprint density at radius 3 is 3.00 bits per heavy atom. The third-order valence-electron chi connectivity index (χ3n) is 1.40. The van der Waals surface area contributed by atoms with Crippen molar-refractivity contribution < 1.29 is 0 Å². The van der Waals surface area contributed by atoms with Crippen LogP contribution in [0.4, 0.5) is 0 Å². The molecule has 1 aromatic rings. The van der Waals surface area contributed by atoms with E-state index in [1.165, 1.54) is 15.4 Å². The second-order valence-electron chi connectivity index (χ2n) is 1.98. The molecule has 0 N–H and O–H groups in total. The van der Waals surface area contributed by atoms with Crippen LogP contribution >= 0.6 is 11.8 Å². The zero-order valence-corrected chi connectivity index (χ0v) is 5.74. The summed E-state index contributed by atoms with van der Waals surface area (Å²) in [7, 11) is 0. The zero-order chi connectivity index (χ0) is 6.27. The van der Waals surface area contributed by atoms with Crippen LogP contribution in [0, 0.1) is 0 Å². The van der Waals surface area contributed by atoms with Gasteiger partial charge in [-0.1, -0.05) is 36.5 Å². The fraction of sp³-hybridized carbons (Fsp3) is 0. The topological polar surface area (TPSA) is 0 Å². The van der Waals surface area contributed by atoms with Gasteiger partial charge in [-0.3, -0.25) is 0 Å². The van der Waals surface area contributed by atoms with Gasteiger partial charge in [-0.05, 0) is 11.6 Å². The molecule has 2 rings (SSSR count). The summed E-state index contributed by atoms with van der Waals surface area (Å²) in [4.78, 5) is 2.82. The number of hydrogen-bond acceptors (Lipinski definition) is 1. The Kier molecular flexibility index (Phi) is 0.935. The van der Waals surface area contributed by atoms with Crippen LogP contribution in [0.3, 0.4) is 0 Å². The smallest absolute Gasteiger partial charge is 0.0334 e. The quantitative estimate of drug-likeness (QED) is 0.540. The predicted octanol–water partition coefficient (Wildman–Crippen LogP) is 2.79. The lowest BCUT2D eigenvalue weighted by Gasteiger charge is -1.83. The van der Waals surface area contributed by atoms with E-state index in [1.54, 1.807) is 0 Å². The molecule has 1 heteroatoms. The van der Waals surface area contributed by atoms with Crippen LogP contribution in [0.15, 0.2) is 34.6 Å². The average Bonchev–Trinajstić information content (AvgIpc) is 2.64. The summed E-state index contributed by atoms with van der Waals surface area (Å²) in [5.74, 6) is 0. The van der Waals surface area contributed by atoms with Crippen molar-refractivity contribution in [3.05, 3.63) is 30.3 Å². The number of fused-ring (bicyclic) bond motifs is 1. The molecule has 0 spiro atoms. The highest BCUT2D eigenvalue weighted by Gasteiger charge is 2.19. The van der Waals surface area contributed by atoms with Crippen LogP contribution < -0.4 is 0 Å². The van der Waals surface area contributed by atoms with Crippen molar-refractivity contribution >= 4 is 17.8 Å². The van der Waals surface area contributed by atoms with E-state index in [4.69, 9.17) is 0 Å². The second-order valence-corrected chi connectivity index (χ2v) is 3.03. The molecule has 0 saturated carbocycles. The summed E-state index contributed by atoms with van der Waals surface area (Å²) in [6.07, 6.45) is 1.90. The van der Waals surface area contributed by atoms with E-state index in [0.29, 0.717) is 0 Å². The van der Waals surface area contributed by atoms with Crippen LogP contribution in [0.25, 0.3) is 6.08 Å². The van der Waals surface area contributed by atoms with E-state index in [9.17, 15) is 0 Å². The molecule has 0 aromatic heterocycles. The van der Waals surface area contributed by atoms with Crippen molar-refractivity contribution in [2.45, 2.75) is 9.79 Å². The van der Waals surface area contributed by atoms with Crippen molar-refractivity contribution in [1.29, 1.82) is 0 Å². The van der Waals surface area contributed by atoms with Crippen LogP contribution in [0.5, 0.6) is 0 Å². The zero-order valence-electron chi connectivity index (χ0n) is 4.92. The summed E-state index contributed by atoms with van der Waals surface area (Å²) in [6, 6.07) is 6.29. The minimum absolute atomic E-state index is 1.28. The van der Waals surface area contributed by atoms with Gasteiger partial charge in [-0.25, -0.2) is 0 Å². The highest BCUT2D eigenvalue weighted by atomic mass is 32.2. The third kappa shape index (κ3) is 0.688. The summed E-state index contributed by atoms with van der Waals surface area (Å²) in [6.45, 7) is 3.71. The highest BCUT2D eigenvalue weighted by Crippen LogP contribution is 2.50. The SMILES string of the molecule is C=Cc1cccc2c1S2. The van der Waals surface area contributed by atoms with E-state index in [2.05, 4.69) is 24.8 Å². The molecule has 9 heavy (non-hydrogen) atoms. The monoisotopic (exact) mass is 134 g/mol. The number of rotatable bonds is 1. The van der Waals surface area contributed by atoms with Crippen molar-refractivity contribution in [3.63, 3.8) is 0 Å². The fourth-order valence-electron chi connectivity index (χ4n) is 0.871. The van der Waals surface area contributed by atoms with Crippen LogP contribution in [0.1, 0.15) is 5.56 Å². The summed E-state index contributed by atoms with van der Waals surface area (Å²) in [5.41, 5.74) is 1.28. The summed E-state index contributed by atoms with van der Waals surface area (Å²) in [5, 5.41) is 0. The molecule has 1 aliphatic heterocycles. The first kappa shape index (κ1) is 5.12. The average molecular weight is 134 g/mol. The maximum absolute atomic E-state index is 3.71. The largest absolute Gasteiger partial charge is 0.0984 e. The van der Waals surface area contributed by atoms with Gasteiger partial charge in [0.25, 0.3) is 0 Å².